The molecule has 1 aromatic heterocycles. The van der Waals surface area contributed by atoms with E-state index < -0.39 is 0 Å². The van der Waals surface area contributed by atoms with Gasteiger partial charge in [0, 0.05) is 51.1 Å². The van der Waals surface area contributed by atoms with Crippen LogP contribution >= 0.6 is 0 Å². The molecule has 0 unspecified atom stereocenters. The van der Waals surface area contributed by atoms with Crippen LogP contribution in [0.2, 0.25) is 0 Å². The van der Waals surface area contributed by atoms with Gasteiger partial charge in [0.2, 0.25) is 0 Å². The topological polar surface area (TPSA) is 64.6 Å². The van der Waals surface area contributed by atoms with E-state index in [0.29, 0.717) is 12.0 Å². The zero-order chi connectivity index (χ0) is 19.9. The number of aromatic nitrogens is 2. The normalized spacial score (nSPS) is 18.7. The van der Waals surface area contributed by atoms with Crippen LogP contribution in [0.3, 0.4) is 0 Å². The third-order valence-corrected chi connectivity index (χ3v) is 5.37. The number of aliphatic hydroxyl groups excluding tert-OH is 1. The Morgan fingerprint density at radius 1 is 1.25 bits per heavy atom. The van der Waals surface area contributed by atoms with Crippen molar-refractivity contribution in [2.24, 2.45) is 5.92 Å². The Morgan fingerprint density at radius 2 is 2.11 bits per heavy atom. The van der Waals surface area contributed by atoms with Crippen LogP contribution < -0.4 is 4.74 Å². The van der Waals surface area contributed by atoms with Crippen LogP contribution in [-0.4, -0.2) is 64.5 Å². The zero-order valence-electron chi connectivity index (χ0n) is 17.4. The smallest absolute Gasteiger partial charge is 0.119 e. The van der Waals surface area contributed by atoms with Crippen molar-refractivity contribution in [1.29, 1.82) is 0 Å². The van der Waals surface area contributed by atoms with Crippen molar-refractivity contribution in [3.8, 4) is 5.75 Å². The molecule has 2 aromatic rings. The summed E-state index contributed by atoms with van der Waals surface area (Å²) in [5.74, 6) is 1.51. The maximum atomic E-state index is 9.57. The maximum Gasteiger partial charge on any atom is 0.119 e. The van der Waals surface area contributed by atoms with Crippen molar-refractivity contribution in [2.75, 3.05) is 33.4 Å². The van der Waals surface area contributed by atoms with E-state index in [4.69, 9.17) is 4.74 Å². The molecule has 0 bridgehead atoms. The van der Waals surface area contributed by atoms with Crippen LogP contribution in [0.1, 0.15) is 37.2 Å². The second-order valence-electron chi connectivity index (χ2n) is 8.21. The Kier molecular flexibility index (Phi) is 7.48. The van der Waals surface area contributed by atoms with Crippen LogP contribution in [0.25, 0.3) is 0 Å². The Bertz CT molecular complexity index is 731. The second-order valence-corrected chi connectivity index (χ2v) is 8.21. The van der Waals surface area contributed by atoms with E-state index in [2.05, 4.69) is 52.0 Å². The number of benzene rings is 1. The lowest BCUT2D eigenvalue weighted by atomic mass is 10.1. The van der Waals surface area contributed by atoms with E-state index in [9.17, 15) is 5.11 Å². The number of nitrogens with one attached hydrogen (secondary N) is 1. The van der Waals surface area contributed by atoms with Gasteiger partial charge in [-0.2, -0.15) is 5.10 Å². The molecule has 2 heterocycles. The minimum atomic E-state index is 0.218. The molecule has 28 heavy (non-hydrogen) atoms. The van der Waals surface area contributed by atoms with Gasteiger partial charge >= 0.3 is 0 Å². The van der Waals surface area contributed by atoms with Crippen LogP contribution in [0.5, 0.6) is 5.75 Å². The van der Waals surface area contributed by atoms with E-state index >= 15 is 0 Å². The van der Waals surface area contributed by atoms with Gasteiger partial charge in [0.05, 0.1) is 12.8 Å². The highest BCUT2D eigenvalue weighted by atomic mass is 16.5. The first-order chi connectivity index (χ1) is 13.6. The molecule has 0 spiro atoms. The van der Waals surface area contributed by atoms with Crippen molar-refractivity contribution < 1.29 is 9.84 Å². The van der Waals surface area contributed by atoms with Crippen molar-refractivity contribution >= 4 is 0 Å². The van der Waals surface area contributed by atoms with Crippen LogP contribution in [0.4, 0.5) is 0 Å². The third-order valence-electron chi connectivity index (χ3n) is 5.37. The van der Waals surface area contributed by atoms with E-state index in [-0.39, 0.29) is 6.61 Å². The summed E-state index contributed by atoms with van der Waals surface area (Å²) in [6, 6.07) is 10.8. The average molecular weight is 387 g/mol. The number of hydrogen-bond donors (Lipinski definition) is 2. The number of rotatable bonds is 9. The van der Waals surface area contributed by atoms with Crippen molar-refractivity contribution in [3.05, 3.63) is 47.3 Å². The Morgan fingerprint density at radius 3 is 2.86 bits per heavy atom. The molecule has 1 fully saturated rings. The van der Waals surface area contributed by atoms with Gasteiger partial charge in [-0.25, -0.2) is 0 Å². The third kappa shape index (κ3) is 5.80. The Balaban J connectivity index is 1.59. The van der Waals surface area contributed by atoms with Crippen molar-refractivity contribution in [1.82, 2.24) is 20.0 Å². The number of methoxy groups -OCH3 is 1. The fourth-order valence-electron chi connectivity index (χ4n) is 3.99. The zero-order valence-corrected chi connectivity index (χ0v) is 17.4. The second kappa shape index (κ2) is 10.0. The van der Waals surface area contributed by atoms with Gasteiger partial charge in [-0.05, 0) is 42.5 Å². The number of hydrogen-bond acceptors (Lipinski definition) is 5. The monoisotopic (exact) mass is 386 g/mol. The van der Waals surface area contributed by atoms with Crippen LogP contribution in [0.15, 0.2) is 30.3 Å². The van der Waals surface area contributed by atoms with Gasteiger partial charge in [-0.15, -0.1) is 0 Å². The minimum absolute atomic E-state index is 0.218. The highest BCUT2D eigenvalue weighted by molar-refractivity contribution is 5.28. The molecule has 3 rings (SSSR count). The number of aliphatic hydroxyl groups is 1. The van der Waals surface area contributed by atoms with Crippen LogP contribution in [-0.2, 0) is 19.5 Å². The Labute approximate surface area is 168 Å². The fraction of sp³-hybridized carbons (Fsp3) is 0.591. The predicted octanol–water partition coefficient (Wildman–Crippen LogP) is 2.69. The molecule has 1 aromatic carbocycles. The van der Waals surface area contributed by atoms with Crippen LogP contribution in [0, 0.1) is 5.92 Å². The molecule has 1 saturated heterocycles. The van der Waals surface area contributed by atoms with E-state index in [0.717, 1.165) is 57.0 Å². The molecule has 0 saturated carbocycles. The fourth-order valence-corrected chi connectivity index (χ4v) is 3.99. The maximum absolute atomic E-state index is 9.57. The van der Waals surface area contributed by atoms with Gasteiger partial charge in [0.1, 0.15) is 5.75 Å². The highest BCUT2D eigenvalue weighted by Crippen LogP contribution is 2.20. The SMILES string of the molecule is COc1cccc(CN2CCN(Cc3cc(CC(C)C)n[nH]3)C[C@@H]2CCO)c1. The largest absolute Gasteiger partial charge is 0.497 e. The van der Waals surface area contributed by atoms with E-state index in [1.165, 1.54) is 11.3 Å². The summed E-state index contributed by atoms with van der Waals surface area (Å²) in [6.45, 7) is 9.40. The number of H-pyrrole nitrogens is 1. The first-order valence-electron chi connectivity index (χ1n) is 10.3. The summed E-state index contributed by atoms with van der Waals surface area (Å²) in [4.78, 5) is 4.95. The van der Waals surface area contributed by atoms with Gasteiger partial charge in [0.15, 0.2) is 0 Å². The summed E-state index contributed by atoms with van der Waals surface area (Å²) in [6.07, 6.45) is 1.81. The Hall–Kier alpha value is -1.89. The molecular weight excluding hydrogens is 352 g/mol. The van der Waals surface area contributed by atoms with E-state index in [1.807, 2.05) is 12.1 Å². The highest BCUT2D eigenvalue weighted by Gasteiger charge is 2.27. The minimum Gasteiger partial charge on any atom is -0.497 e. The quantitative estimate of drug-likeness (QED) is 0.694. The number of aromatic amines is 1. The molecule has 6 nitrogen and oxygen atoms in total. The lowest BCUT2D eigenvalue weighted by molar-refractivity contribution is 0.0493. The number of nitrogens with zero attached hydrogens (tertiary/aromatic N) is 3. The molecular formula is C22H34N4O2. The van der Waals surface area contributed by atoms with Gasteiger partial charge in [0.25, 0.3) is 0 Å². The summed E-state index contributed by atoms with van der Waals surface area (Å²) in [5.41, 5.74) is 3.58. The molecule has 0 aliphatic carbocycles. The molecule has 154 valence electrons. The standard InChI is InChI=1S/C22H34N4O2/c1-17(2)11-19-13-20(24-23-19)15-25-8-9-26(21(16-25)7-10-27)14-18-5-4-6-22(12-18)28-3/h4-6,12-13,17,21,27H,7-11,14-16H2,1-3H3,(H,23,24)/t21-/m0/s1. The summed E-state index contributed by atoms with van der Waals surface area (Å²) >= 11 is 0. The van der Waals surface area contributed by atoms with Crippen molar-refractivity contribution in [2.45, 2.75) is 45.8 Å². The molecule has 0 radical (unpaired) electrons. The predicted molar refractivity (Wildman–Crippen MR) is 111 cm³/mol. The number of ether oxygens (including phenoxy) is 1. The lowest BCUT2D eigenvalue weighted by Gasteiger charge is -2.41. The molecule has 6 heteroatoms. The molecule has 1 aliphatic heterocycles. The summed E-state index contributed by atoms with van der Waals surface area (Å²) in [5, 5.41) is 17.2. The molecule has 1 aliphatic rings. The van der Waals surface area contributed by atoms with Crippen molar-refractivity contribution in [3.63, 3.8) is 0 Å². The summed E-state index contributed by atoms with van der Waals surface area (Å²) < 4.78 is 5.35. The molecule has 2 N–H and O–H groups in total. The molecule has 1 atom stereocenters. The van der Waals surface area contributed by atoms with Gasteiger partial charge < -0.3 is 9.84 Å². The first kappa shape index (κ1) is 20.8. The first-order valence-corrected chi connectivity index (χ1v) is 10.3. The lowest BCUT2D eigenvalue weighted by Crippen LogP contribution is -2.52. The number of piperazine rings is 1. The average Bonchev–Trinajstić information content (AvgIpc) is 3.10. The van der Waals surface area contributed by atoms with Gasteiger partial charge in [-0.1, -0.05) is 26.0 Å². The van der Waals surface area contributed by atoms with E-state index in [1.54, 1.807) is 7.11 Å². The summed E-state index contributed by atoms with van der Waals surface area (Å²) in [7, 11) is 1.70. The molecule has 0 amide bonds. The van der Waals surface area contributed by atoms with Gasteiger partial charge in [-0.3, -0.25) is 14.9 Å².